The Morgan fingerprint density at radius 2 is 1.63 bits per heavy atom. The predicted octanol–water partition coefficient (Wildman–Crippen LogP) is 3.23. The minimum Gasteiger partial charge on any atom is -0.462 e. The van der Waals surface area contributed by atoms with Gasteiger partial charge in [0, 0.05) is 13.2 Å². The zero-order valence-corrected chi connectivity index (χ0v) is 15.7. The maximum absolute atomic E-state index is 13.3. The van der Waals surface area contributed by atoms with Crippen LogP contribution in [0.2, 0.25) is 0 Å². The molecule has 27 heavy (non-hydrogen) atoms. The van der Waals surface area contributed by atoms with Gasteiger partial charge < -0.3 is 18.8 Å². The van der Waals surface area contributed by atoms with Crippen molar-refractivity contribution >= 4 is 5.97 Å². The van der Waals surface area contributed by atoms with E-state index in [1.54, 1.807) is 25.1 Å². The fourth-order valence-electron chi connectivity index (χ4n) is 2.67. The standard InChI is InChI=1S/C20H24FNO5/c1-4-25-18(26-5-2)13-22-17(14-7-9-15(21)10-8-14)12-11-16(19(22)23)20(24)27-6-3/h7-12,18H,4-6,13H2,1-3H3. The van der Waals surface area contributed by atoms with Crippen LogP contribution in [0.25, 0.3) is 11.3 Å². The zero-order valence-electron chi connectivity index (χ0n) is 15.7. The molecule has 1 heterocycles. The maximum atomic E-state index is 13.3. The molecular weight excluding hydrogens is 353 g/mol. The van der Waals surface area contributed by atoms with Crippen molar-refractivity contribution in [3.8, 4) is 11.3 Å². The van der Waals surface area contributed by atoms with E-state index in [1.807, 2.05) is 13.8 Å². The minimum absolute atomic E-state index is 0.0746. The molecule has 1 aromatic heterocycles. The van der Waals surface area contributed by atoms with E-state index in [-0.39, 0.29) is 24.5 Å². The van der Waals surface area contributed by atoms with Crippen molar-refractivity contribution in [3.63, 3.8) is 0 Å². The molecule has 0 aliphatic heterocycles. The topological polar surface area (TPSA) is 66.8 Å². The molecule has 1 aromatic carbocycles. The summed E-state index contributed by atoms with van der Waals surface area (Å²) in [6.07, 6.45) is -0.658. The van der Waals surface area contributed by atoms with Gasteiger partial charge in [0.1, 0.15) is 11.4 Å². The van der Waals surface area contributed by atoms with Gasteiger partial charge in [-0.3, -0.25) is 4.79 Å². The Morgan fingerprint density at radius 3 is 2.19 bits per heavy atom. The van der Waals surface area contributed by atoms with Crippen LogP contribution in [0, 0.1) is 5.82 Å². The number of halogens is 1. The first-order chi connectivity index (χ1) is 13.0. The molecule has 0 atom stereocenters. The number of carbonyl (C=O) groups excluding carboxylic acids is 1. The Hall–Kier alpha value is -2.51. The smallest absolute Gasteiger partial charge is 0.343 e. The van der Waals surface area contributed by atoms with Crippen molar-refractivity contribution in [1.82, 2.24) is 4.57 Å². The molecule has 0 saturated heterocycles. The van der Waals surface area contributed by atoms with Gasteiger partial charge in [0.05, 0.1) is 18.8 Å². The Kier molecular flexibility index (Phi) is 7.69. The highest BCUT2D eigenvalue weighted by Crippen LogP contribution is 2.20. The number of rotatable bonds is 9. The second-order valence-corrected chi connectivity index (χ2v) is 5.62. The molecule has 0 N–H and O–H groups in total. The maximum Gasteiger partial charge on any atom is 0.343 e. The van der Waals surface area contributed by atoms with Crippen molar-refractivity contribution in [2.75, 3.05) is 19.8 Å². The number of nitrogens with zero attached hydrogens (tertiary/aromatic N) is 1. The van der Waals surface area contributed by atoms with Gasteiger partial charge in [-0.1, -0.05) is 0 Å². The number of aromatic nitrogens is 1. The SMILES string of the molecule is CCOC(=O)c1ccc(-c2ccc(F)cc2)n(CC(OCC)OCC)c1=O. The molecule has 0 bridgehead atoms. The summed E-state index contributed by atoms with van der Waals surface area (Å²) in [6.45, 7) is 6.38. The van der Waals surface area contributed by atoms with E-state index >= 15 is 0 Å². The first-order valence-electron chi connectivity index (χ1n) is 8.91. The molecule has 0 fully saturated rings. The molecule has 0 radical (unpaired) electrons. The summed E-state index contributed by atoms with van der Waals surface area (Å²) in [5, 5.41) is 0. The van der Waals surface area contributed by atoms with Gasteiger partial charge in [-0.25, -0.2) is 9.18 Å². The number of hydrogen-bond donors (Lipinski definition) is 0. The second-order valence-electron chi connectivity index (χ2n) is 5.62. The molecule has 0 aliphatic carbocycles. The van der Waals surface area contributed by atoms with Crippen LogP contribution in [-0.4, -0.2) is 36.6 Å². The molecule has 2 rings (SSSR count). The van der Waals surface area contributed by atoms with Crippen molar-refractivity contribution in [2.45, 2.75) is 33.6 Å². The van der Waals surface area contributed by atoms with Crippen LogP contribution in [0.15, 0.2) is 41.2 Å². The number of benzene rings is 1. The number of pyridine rings is 1. The summed E-state index contributed by atoms with van der Waals surface area (Å²) >= 11 is 0. The minimum atomic E-state index is -0.689. The van der Waals surface area contributed by atoms with Crippen LogP contribution in [0.4, 0.5) is 4.39 Å². The molecule has 0 spiro atoms. The van der Waals surface area contributed by atoms with Gasteiger partial charge in [0.15, 0.2) is 6.29 Å². The number of esters is 1. The summed E-state index contributed by atoms with van der Waals surface area (Å²) < 4.78 is 30.7. The first kappa shape index (κ1) is 20.8. The Labute approximate surface area is 157 Å². The average molecular weight is 377 g/mol. The van der Waals surface area contributed by atoms with E-state index in [0.717, 1.165) is 0 Å². The second kappa shape index (κ2) is 9.99. The molecule has 0 saturated carbocycles. The van der Waals surface area contributed by atoms with E-state index in [0.29, 0.717) is 24.5 Å². The van der Waals surface area contributed by atoms with Gasteiger partial charge in [-0.15, -0.1) is 0 Å². The van der Waals surface area contributed by atoms with Gasteiger partial charge in [0.25, 0.3) is 5.56 Å². The van der Waals surface area contributed by atoms with Crippen LogP contribution in [0.1, 0.15) is 31.1 Å². The largest absolute Gasteiger partial charge is 0.462 e. The van der Waals surface area contributed by atoms with Crippen molar-refractivity contribution in [2.24, 2.45) is 0 Å². The molecular formula is C20H24FNO5. The summed E-state index contributed by atoms with van der Waals surface area (Å²) in [4.78, 5) is 25.1. The fraction of sp³-hybridized carbons (Fsp3) is 0.400. The average Bonchev–Trinajstić information content (AvgIpc) is 2.64. The van der Waals surface area contributed by atoms with E-state index in [1.165, 1.54) is 22.8 Å². The predicted molar refractivity (Wildman–Crippen MR) is 99.1 cm³/mol. The third-order valence-corrected chi connectivity index (χ3v) is 3.85. The van der Waals surface area contributed by atoms with Crippen molar-refractivity contribution < 1.29 is 23.4 Å². The third kappa shape index (κ3) is 5.24. The van der Waals surface area contributed by atoms with Crippen molar-refractivity contribution in [1.29, 1.82) is 0 Å². The van der Waals surface area contributed by atoms with Gasteiger partial charge in [-0.05, 0) is 62.7 Å². The molecule has 0 aliphatic rings. The lowest BCUT2D eigenvalue weighted by atomic mass is 10.1. The van der Waals surface area contributed by atoms with Crippen LogP contribution >= 0.6 is 0 Å². The number of ether oxygens (including phenoxy) is 3. The summed E-state index contributed by atoms with van der Waals surface area (Å²) in [5.74, 6) is -1.07. The molecule has 6 nitrogen and oxygen atoms in total. The highest BCUT2D eigenvalue weighted by atomic mass is 19.1. The van der Waals surface area contributed by atoms with E-state index in [9.17, 15) is 14.0 Å². The van der Waals surface area contributed by atoms with E-state index in [2.05, 4.69) is 0 Å². The van der Waals surface area contributed by atoms with Gasteiger partial charge in [0.2, 0.25) is 0 Å². The molecule has 7 heteroatoms. The summed E-state index contributed by atoms with van der Waals surface area (Å²) in [7, 11) is 0. The van der Waals surface area contributed by atoms with Gasteiger partial charge in [-0.2, -0.15) is 0 Å². The lowest BCUT2D eigenvalue weighted by molar-refractivity contribution is -0.143. The Bertz CT molecular complexity index is 810. The highest BCUT2D eigenvalue weighted by Gasteiger charge is 2.20. The third-order valence-electron chi connectivity index (χ3n) is 3.85. The van der Waals surface area contributed by atoms with Crippen LogP contribution in [0.3, 0.4) is 0 Å². The Balaban J connectivity index is 2.55. The lowest BCUT2D eigenvalue weighted by Crippen LogP contribution is -2.34. The first-order valence-corrected chi connectivity index (χ1v) is 8.91. The quantitative estimate of drug-likeness (QED) is 0.496. The molecule has 146 valence electrons. The van der Waals surface area contributed by atoms with Crippen LogP contribution in [-0.2, 0) is 20.8 Å². The van der Waals surface area contributed by atoms with Crippen LogP contribution in [0.5, 0.6) is 0 Å². The van der Waals surface area contributed by atoms with Gasteiger partial charge >= 0.3 is 5.97 Å². The summed E-state index contributed by atoms with van der Waals surface area (Å²) in [6, 6.07) is 8.82. The molecule has 2 aromatic rings. The summed E-state index contributed by atoms with van der Waals surface area (Å²) in [5.41, 5.74) is 0.572. The Morgan fingerprint density at radius 1 is 1.00 bits per heavy atom. The molecule has 0 amide bonds. The lowest BCUT2D eigenvalue weighted by Gasteiger charge is -2.21. The molecule has 0 unspecified atom stereocenters. The fourth-order valence-corrected chi connectivity index (χ4v) is 2.67. The number of hydrogen-bond acceptors (Lipinski definition) is 5. The van der Waals surface area contributed by atoms with E-state index in [4.69, 9.17) is 14.2 Å². The monoisotopic (exact) mass is 377 g/mol. The van der Waals surface area contributed by atoms with Crippen molar-refractivity contribution in [3.05, 3.63) is 58.1 Å². The van der Waals surface area contributed by atoms with Crippen LogP contribution < -0.4 is 5.56 Å². The zero-order chi connectivity index (χ0) is 19.8. The highest BCUT2D eigenvalue weighted by molar-refractivity contribution is 5.89. The normalized spacial score (nSPS) is 11.0. The van der Waals surface area contributed by atoms with E-state index < -0.39 is 17.8 Å². The number of carbonyl (C=O) groups is 1.